The molecule has 1 saturated heterocycles. The third-order valence-electron chi connectivity index (χ3n) is 5.30. The maximum absolute atomic E-state index is 12.8. The van der Waals surface area contributed by atoms with Crippen LogP contribution in [0.15, 0.2) is 42.5 Å². The van der Waals surface area contributed by atoms with Gasteiger partial charge in [0.05, 0.1) is 19.1 Å². The van der Waals surface area contributed by atoms with Crippen LogP contribution in [0.3, 0.4) is 0 Å². The molecule has 6 heteroatoms. The van der Waals surface area contributed by atoms with Crippen molar-refractivity contribution in [1.82, 2.24) is 10.2 Å². The minimum Gasteiger partial charge on any atom is -0.490 e. The van der Waals surface area contributed by atoms with E-state index in [4.69, 9.17) is 21.1 Å². The van der Waals surface area contributed by atoms with Gasteiger partial charge >= 0.3 is 0 Å². The Labute approximate surface area is 184 Å². The summed E-state index contributed by atoms with van der Waals surface area (Å²) in [7, 11) is 0. The molecule has 0 saturated carbocycles. The summed E-state index contributed by atoms with van der Waals surface area (Å²) in [5, 5.41) is 3.88. The second-order valence-corrected chi connectivity index (χ2v) is 7.94. The molecule has 2 aromatic carbocycles. The topological polar surface area (TPSA) is 50.8 Å². The molecule has 0 bridgehead atoms. The molecule has 1 atom stereocenters. The highest BCUT2D eigenvalue weighted by Crippen LogP contribution is 2.28. The van der Waals surface area contributed by atoms with Crippen molar-refractivity contribution >= 4 is 17.5 Å². The van der Waals surface area contributed by atoms with Crippen LogP contribution in [-0.2, 0) is 17.9 Å². The van der Waals surface area contributed by atoms with E-state index in [0.29, 0.717) is 19.8 Å². The lowest BCUT2D eigenvalue weighted by Gasteiger charge is -2.32. The normalized spacial score (nSPS) is 16.8. The van der Waals surface area contributed by atoms with Gasteiger partial charge in [-0.15, -0.1) is 0 Å². The molecule has 1 amide bonds. The molecule has 1 aliphatic rings. The number of rotatable bonds is 9. The molecule has 5 nitrogen and oxygen atoms in total. The molecule has 0 aliphatic carbocycles. The SMILES string of the molecule is CCOc1ccc(CNC(=O)[C@@H]2CCCN(Cc3ccccc3Cl)C2)cc1OCC. The molecule has 1 fully saturated rings. The van der Waals surface area contributed by atoms with Crippen LogP contribution in [-0.4, -0.2) is 37.1 Å². The fourth-order valence-electron chi connectivity index (χ4n) is 3.82. The van der Waals surface area contributed by atoms with Gasteiger partial charge in [-0.25, -0.2) is 0 Å². The Hall–Kier alpha value is -2.24. The second kappa shape index (κ2) is 11.2. The third-order valence-corrected chi connectivity index (χ3v) is 5.67. The van der Waals surface area contributed by atoms with Gasteiger partial charge in [0.15, 0.2) is 11.5 Å². The Morgan fingerprint density at radius 3 is 2.67 bits per heavy atom. The van der Waals surface area contributed by atoms with Gasteiger partial charge in [0.1, 0.15) is 0 Å². The number of likely N-dealkylation sites (tertiary alicyclic amines) is 1. The lowest BCUT2D eigenvalue weighted by molar-refractivity contribution is -0.126. The first kappa shape index (κ1) is 22.4. The molecule has 0 aromatic heterocycles. The summed E-state index contributed by atoms with van der Waals surface area (Å²) in [5.41, 5.74) is 2.11. The largest absolute Gasteiger partial charge is 0.490 e. The van der Waals surface area contributed by atoms with Crippen LogP contribution < -0.4 is 14.8 Å². The number of nitrogens with zero attached hydrogens (tertiary/aromatic N) is 1. The highest BCUT2D eigenvalue weighted by atomic mass is 35.5. The van der Waals surface area contributed by atoms with Crippen molar-refractivity contribution in [3.63, 3.8) is 0 Å². The molecular formula is C24H31ClN2O3. The highest BCUT2D eigenvalue weighted by molar-refractivity contribution is 6.31. The first-order valence-corrected chi connectivity index (χ1v) is 11.1. The number of benzene rings is 2. The van der Waals surface area contributed by atoms with Crippen molar-refractivity contribution in [3.8, 4) is 11.5 Å². The Morgan fingerprint density at radius 2 is 1.90 bits per heavy atom. The predicted molar refractivity (Wildman–Crippen MR) is 120 cm³/mol. The Morgan fingerprint density at radius 1 is 1.13 bits per heavy atom. The first-order chi connectivity index (χ1) is 14.6. The van der Waals surface area contributed by atoms with Gasteiger partial charge in [0.25, 0.3) is 0 Å². The van der Waals surface area contributed by atoms with Crippen LogP contribution in [0.5, 0.6) is 11.5 Å². The van der Waals surface area contributed by atoms with Crippen LogP contribution in [0.4, 0.5) is 0 Å². The van der Waals surface area contributed by atoms with Crippen LogP contribution >= 0.6 is 11.6 Å². The maximum atomic E-state index is 12.8. The van der Waals surface area contributed by atoms with E-state index in [1.807, 2.05) is 56.3 Å². The first-order valence-electron chi connectivity index (χ1n) is 10.7. The monoisotopic (exact) mass is 430 g/mol. The molecule has 1 aliphatic heterocycles. The van der Waals surface area contributed by atoms with Gasteiger partial charge in [0.2, 0.25) is 5.91 Å². The number of halogens is 1. The number of carbonyl (C=O) groups excluding carboxylic acids is 1. The Bertz CT molecular complexity index is 843. The van der Waals surface area contributed by atoms with Gasteiger partial charge in [-0.1, -0.05) is 35.9 Å². The van der Waals surface area contributed by atoms with Crippen LogP contribution in [0, 0.1) is 5.92 Å². The molecular weight excluding hydrogens is 400 g/mol. The fraction of sp³-hybridized carbons (Fsp3) is 0.458. The highest BCUT2D eigenvalue weighted by Gasteiger charge is 2.26. The summed E-state index contributed by atoms with van der Waals surface area (Å²) in [5.74, 6) is 1.55. The van der Waals surface area contributed by atoms with Crippen molar-refractivity contribution < 1.29 is 14.3 Å². The summed E-state index contributed by atoms with van der Waals surface area (Å²) in [6.07, 6.45) is 1.93. The summed E-state index contributed by atoms with van der Waals surface area (Å²) >= 11 is 6.30. The Kier molecular flexibility index (Phi) is 8.40. The summed E-state index contributed by atoms with van der Waals surface area (Å²) < 4.78 is 11.3. The van der Waals surface area contributed by atoms with Crippen molar-refractivity contribution in [2.45, 2.75) is 39.8 Å². The molecule has 30 heavy (non-hydrogen) atoms. The lowest BCUT2D eigenvalue weighted by atomic mass is 9.96. The molecule has 0 radical (unpaired) electrons. The number of amides is 1. The number of ether oxygens (including phenoxy) is 2. The van der Waals surface area contributed by atoms with Gasteiger partial charge in [-0.3, -0.25) is 9.69 Å². The fourth-order valence-corrected chi connectivity index (χ4v) is 4.02. The maximum Gasteiger partial charge on any atom is 0.224 e. The Balaban J connectivity index is 1.55. The van der Waals surface area contributed by atoms with Crippen molar-refractivity contribution in [2.24, 2.45) is 5.92 Å². The van der Waals surface area contributed by atoms with E-state index in [1.165, 1.54) is 0 Å². The summed E-state index contributed by atoms with van der Waals surface area (Å²) in [6.45, 7) is 8.05. The number of hydrogen-bond donors (Lipinski definition) is 1. The van der Waals surface area contributed by atoms with Crippen LogP contribution in [0.1, 0.15) is 37.8 Å². The minimum absolute atomic E-state index is 0.00435. The third kappa shape index (κ3) is 6.13. The van der Waals surface area contributed by atoms with Gasteiger partial charge < -0.3 is 14.8 Å². The predicted octanol–water partition coefficient (Wildman–Crippen LogP) is 4.67. The minimum atomic E-state index is -0.00435. The van der Waals surface area contributed by atoms with Gasteiger partial charge in [-0.05, 0) is 62.6 Å². The quantitative estimate of drug-likeness (QED) is 0.628. The zero-order valence-electron chi connectivity index (χ0n) is 17.8. The standard InChI is InChI=1S/C24H31ClN2O3/c1-3-29-22-12-11-18(14-23(22)30-4-2)15-26-24(28)20-9-7-13-27(17-20)16-19-8-5-6-10-21(19)25/h5-6,8,10-12,14,20H,3-4,7,9,13,15-17H2,1-2H3,(H,26,28)/t20-/m1/s1. The molecule has 3 rings (SSSR count). The molecule has 162 valence electrons. The summed E-state index contributed by atoms with van der Waals surface area (Å²) in [4.78, 5) is 15.1. The zero-order valence-corrected chi connectivity index (χ0v) is 18.6. The van der Waals surface area contributed by atoms with Gasteiger partial charge in [-0.2, -0.15) is 0 Å². The van der Waals surface area contributed by atoms with Crippen LogP contribution in [0.2, 0.25) is 5.02 Å². The molecule has 2 aromatic rings. The number of piperidine rings is 1. The van der Waals surface area contributed by atoms with E-state index in [9.17, 15) is 4.79 Å². The van der Waals surface area contributed by atoms with E-state index in [2.05, 4.69) is 10.2 Å². The van der Waals surface area contributed by atoms with E-state index >= 15 is 0 Å². The molecule has 1 N–H and O–H groups in total. The molecule has 0 unspecified atom stereocenters. The number of nitrogens with one attached hydrogen (secondary N) is 1. The molecule has 1 heterocycles. The van der Waals surface area contributed by atoms with Crippen LogP contribution in [0.25, 0.3) is 0 Å². The van der Waals surface area contributed by atoms with E-state index in [1.54, 1.807) is 0 Å². The van der Waals surface area contributed by atoms with E-state index < -0.39 is 0 Å². The number of carbonyl (C=O) groups is 1. The average Bonchev–Trinajstić information content (AvgIpc) is 2.76. The number of hydrogen-bond acceptors (Lipinski definition) is 4. The van der Waals surface area contributed by atoms with Crippen molar-refractivity contribution in [2.75, 3.05) is 26.3 Å². The van der Waals surface area contributed by atoms with Gasteiger partial charge in [0, 0.05) is 24.7 Å². The van der Waals surface area contributed by atoms with Crippen molar-refractivity contribution in [1.29, 1.82) is 0 Å². The summed E-state index contributed by atoms with van der Waals surface area (Å²) in [6, 6.07) is 13.7. The smallest absolute Gasteiger partial charge is 0.224 e. The second-order valence-electron chi connectivity index (χ2n) is 7.53. The van der Waals surface area contributed by atoms with Crippen molar-refractivity contribution in [3.05, 3.63) is 58.6 Å². The molecule has 0 spiro atoms. The lowest BCUT2D eigenvalue weighted by Crippen LogP contribution is -2.42. The van der Waals surface area contributed by atoms with E-state index in [0.717, 1.165) is 60.1 Å². The van der Waals surface area contributed by atoms with E-state index in [-0.39, 0.29) is 11.8 Å². The average molecular weight is 431 g/mol. The zero-order chi connectivity index (χ0) is 21.3.